The number of likely N-dealkylation sites (tertiary alicyclic amines) is 2. The van der Waals surface area contributed by atoms with Gasteiger partial charge in [0.1, 0.15) is 17.5 Å². The van der Waals surface area contributed by atoms with Gasteiger partial charge < -0.3 is 5.32 Å². The van der Waals surface area contributed by atoms with Gasteiger partial charge in [-0.25, -0.2) is 40.2 Å². The van der Waals surface area contributed by atoms with Crippen molar-refractivity contribution in [3.8, 4) is 84.6 Å². The zero-order valence-electron chi connectivity index (χ0n) is 60.3. The minimum atomic E-state index is -4.52. The second-order valence-electron chi connectivity index (χ2n) is 27.7. The smallest absolute Gasteiger partial charge is 0.309 e. The van der Waals surface area contributed by atoms with Crippen LogP contribution in [0.5, 0.6) is 0 Å². The molecule has 0 aliphatic carbocycles. The van der Waals surface area contributed by atoms with E-state index in [1.807, 2.05) is 105 Å². The van der Waals surface area contributed by atoms with Crippen molar-refractivity contribution >= 4 is 29.5 Å². The van der Waals surface area contributed by atoms with Gasteiger partial charge >= 0.3 is 18.5 Å². The average Bonchev–Trinajstić information content (AvgIpc) is 1.65. The maximum absolute atomic E-state index is 13.9. The first-order valence-corrected chi connectivity index (χ1v) is 41.0. The summed E-state index contributed by atoms with van der Waals surface area (Å²) in [7, 11) is -6.06. The van der Waals surface area contributed by atoms with Gasteiger partial charge in [0, 0.05) is 71.1 Å². The normalized spacial score (nSPS) is 16.5. The molecule has 15 nitrogen and oxygen atoms in total. The predicted molar refractivity (Wildman–Crippen MR) is 414 cm³/mol. The van der Waals surface area contributed by atoms with E-state index < -0.39 is 64.7 Å². The largest absolute Gasteiger partial charge is 0.417 e. The molecular weight excluding hydrogens is 1500 g/mol. The number of hydrogen-bond donors (Lipinski definition) is 1. The van der Waals surface area contributed by atoms with E-state index in [9.17, 15) is 64.8 Å². The summed E-state index contributed by atoms with van der Waals surface area (Å²) in [5.74, 6) is 0.684. The van der Waals surface area contributed by atoms with Crippen molar-refractivity contribution in [1.82, 2.24) is 43.8 Å². The van der Waals surface area contributed by atoms with Crippen molar-refractivity contribution in [2.75, 3.05) is 52.5 Å². The maximum atomic E-state index is 13.9. The summed E-state index contributed by atoms with van der Waals surface area (Å²) in [4.78, 5) is 19.1. The number of nitrogens with one attached hydrogen (secondary N) is 1. The van der Waals surface area contributed by atoms with Gasteiger partial charge in [-0.15, -0.1) is 0 Å². The molecule has 15 rings (SSSR count). The van der Waals surface area contributed by atoms with Crippen LogP contribution in [0.2, 0.25) is 0 Å². The number of alkyl halides is 9. The lowest BCUT2D eigenvalue weighted by atomic mass is 10.0. The number of imidazole rings is 3. The van der Waals surface area contributed by atoms with Crippen molar-refractivity contribution in [2.45, 2.75) is 97.3 Å². The highest BCUT2D eigenvalue weighted by atomic mass is 32.2. The van der Waals surface area contributed by atoms with E-state index in [4.69, 9.17) is 9.97 Å². The summed E-state index contributed by atoms with van der Waals surface area (Å²) in [6.45, 7) is 2.66. The third-order valence-electron chi connectivity index (χ3n) is 20.0. The molecule has 0 radical (unpaired) electrons. The van der Waals surface area contributed by atoms with Crippen molar-refractivity contribution in [2.24, 2.45) is 0 Å². The van der Waals surface area contributed by atoms with E-state index in [0.29, 0.717) is 22.8 Å². The number of rotatable bonds is 15. The fraction of sp³-hybridized carbons (Fsp3) is 0.250. The monoisotopic (exact) mass is 1580 g/mol. The molecule has 6 heterocycles. The Morgan fingerprint density at radius 1 is 0.360 bits per heavy atom. The van der Waals surface area contributed by atoms with Crippen molar-refractivity contribution in [3.05, 3.63) is 271 Å². The second-order valence-corrected chi connectivity index (χ2v) is 33.7. The Labute approximate surface area is 639 Å². The van der Waals surface area contributed by atoms with Gasteiger partial charge in [-0.2, -0.15) is 39.5 Å². The molecular formula is C84H80F9N9O6S3. The highest BCUT2D eigenvalue weighted by Crippen LogP contribution is 2.44. The molecule has 3 aliphatic rings. The van der Waals surface area contributed by atoms with Crippen LogP contribution in [-0.4, -0.2) is 116 Å². The Bertz CT molecular complexity index is 5470. The Morgan fingerprint density at radius 3 is 0.928 bits per heavy atom. The molecule has 27 heteroatoms. The quantitative estimate of drug-likeness (QED) is 0.0964. The predicted octanol–water partition coefficient (Wildman–Crippen LogP) is 19.5. The standard InChI is InChI=1S/2C28H26F3N3O2S.C27H24F3N3O2S.CH4/c2*1-33-16-6-11-26(33)25-18-34(27(32-25)23-9-3-4-10-24(23)28(29,30)31)21-14-12-19(13-15-21)20-7-5-8-22(17-20)37(2,35)36;1-36(34,35)21-7-4-6-19(16-21)18-11-13-20(14-12-18)33-17-25(24-10-5-15-31-24)32-26(33)22-8-2-3-9-23(22)27(28,29)30;/h2*3-5,7-10,12-15,17-18,26H,6,11,16H2,1-2H3;2-4,6-9,11-14,16-17,24,31H,5,10,15H2,1H3;1H4/t2*26-;24-;/m111./s1. The lowest BCUT2D eigenvalue weighted by Gasteiger charge is -2.16. The Morgan fingerprint density at radius 2 is 0.658 bits per heavy atom. The van der Waals surface area contributed by atoms with Crippen molar-refractivity contribution in [3.63, 3.8) is 0 Å². The zero-order chi connectivity index (χ0) is 78.2. The van der Waals surface area contributed by atoms with E-state index >= 15 is 0 Å². The summed E-state index contributed by atoms with van der Waals surface area (Å²) in [6.07, 6.45) is 1.01. The molecule has 0 saturated carbocycles. The molecule has 3 atom stereocenters. The second kappa shape index (κ2) is 32.2. The minimum Gasteiger partial charge on any atom is -0.309 e. The molecule has 111 heavy (non-hydrogen) atoms. The first-order chi connectivity index (χ1) is 52.1. The minimum absolute atomic E-state index is 0. The highest BCUT2D eigenvalue weighted by Gasteiger charge is 2.39. The van der Waals surface area contributed by atoms with Gasteiger partial charge in [0.15, 0.2) is 29.5 Å². The van der Waals surface area contributed by atoms with Gasteiger partial charge in [-0.1, -0.05) is 135 Å². The molecule has 0 unspecified atom stereocenters. The molecule has 0 amide bonds. The molecule has 3 fully saturated rings. The fourth-order valence-electron chi connectivity index (χ4n) is 14.3. The van der Waals surface area contributed by atoms with Crippen LogP contribution in [0.3, 0.4) is 0 Å². The van der Waals surface area contributed by atoms with Gasteiger partial charge in [0.2, 0.25) is 0 Å². The molecule has 0 spiro atoms. The Kier molecular flexibility index (Phi) is 23.3. The molecule has 0 bridgehead atoms. The van der Waals surface area contributed by atoms with Gasteiger partial charge in [-0.05, 0) is 197 Å². The molecule has 578 valence electrons. The lowest BCUT2D eigenvalue weighted by Crippen LogP contribution is -2.17. The maximum Gasteiger partial charge on any atom is 0.417 e. The Hall–Kier alpha value is -10.3. The van der Waals surface area contributed by atoms with Crippen LogP contribution in [0.25, 0.3) is 84.6 Å². The first-order valence-electron chi connectivity index (χ1n) is 35.3. The van der Waals surface area contributed by atoms with E-state index in [2.05, 4.69) is 20.1 Å². The van der Waals surface area contributed by atoms with E-state index in [1.54, 1.807) is 105 Å². The van der Waals surface area contributed by atoms with Crippen molar-refractivity contribution in [1.29, 1.82) is 0 Å². The highest BCUT2D eigenvalue weighted by molar-refractivity contribution is 7.91. The van der Waals surface area contributed by atoms with Crippen LogP contribution in [0.1, 0.15) is 97.8 Å². The fourth-order valence-corrected chi connectivity index (χ4v) is 16.3. The summed E-state index contributed by atoms with van der Waals surface area (Å²) in [5.41, 5.74) is 6.56. The van der Waals surface area contributed by atoms with Crippen LogP contribution in [0.4, 0.5) is 39.5 Å². The van der Waals surface area contributed by atoms with Crippen LogP contribution >= 0.6 is 0 Å². The summed E-state index contributed by atoms with van der Waals surface area (Å²) in [5, 5.41) is 3.36. The number of nitrogens with zero attached hydrogens (tertiary/aromatic N) is 8. The topological polar surface area (TPSA) is 174 Å². The summed E-state index contributed by atoms with van der Waals surface area (Å²) >= 11 is 0. The summed E-state index contributed by atoms with van der Waals surface area (Å²) in [6, 6.07) is 58.3. The lowest BCUT2D eigenvalue weighted by molar-refractivity contribution is -0.137. The van der Waals surface area contributed by atoms with Crippen LogP contribution in [0, 0.1) is 0 Å². The van der Waals surface area contributed by atoms with Crippen LogP contribution in [0.15, 0.2) is 252 Å². The molecule has 12 aromatic rings. The van der Waals surface area contributed by atoms with E-state index in [-0.39, 0.29) is 74.4 Å². The SMILES string of the molecule is C.CN1CCC[C@@H]1c1cn(-c2ccc(-c3cccc(S(C)(=O)=O)c3)cc2)c(-c2ccccc2C(F)(F)F)n1.CN1CCC[C@@H]1c1cn(-c2ccc(-c3cccc(S(C)(=O)=O)c3)cc2)c(-c2ccccc2C(F)(F)F)n1.CS(=O)(=O)c1cccc(-c2ccc(-n3cc([C@H]4CCCN4)nc3-c3ccccc3C(F)(F)F)cc2)c1. The first kappa shape index (κ1) is 80.2. The van der Waals surface area contributed by atoms with E-state index in [1.165, 1.54) is 36.4 Å². The molecule has 1 N–H and O–H groups in total. The summed E-state index contributed by atoms with van der Waals surface area (Å²) < 4.78 is 202. The third kappa shape index (κ3) is 18.0. The van der Waals surface area contributed by atoms with Gasteiger partial charge in [-0.3, -0.25) is 23.5 Å². The zero-order valence-corrected chi connectivity index (χ0v) is 62.7. The molecule has 9 aromatic carbocycles. The molecule has 3 aliphatic heterocycles. The Balaban J connectivity index is 0.000000154. The number of benzene rings is 9. The molecule has 3 aromatic heterocycles. The van der Waals surface area contributed by atoms with E-state index in [0.717, 1.165) is 140 Å². The number of halogens is 9. The van der Waals surface area contributed by atoms with Crippen LogP contribution in [-0.2, 0) is 48.0 Å². The van der Waals surface area contributed by atoms with Gasteiger partial charge in [0.25, 0.3) is 0 Å². The number of sulfone groups is 3. The van der Waals surface area contributed by atoms with Crippen LogP contribution < -0.4 is 5.32 Å². The van der Waals surface area contributed by atoms with Crippen molar-refractivity contribution < 1.29 is 64.8 Å². The number of hydrogen-bond acceptors (Lipinski definition) is 12. The number of aromatic nitrogens is 6. The average molecular weight is 1580 g/mol. The third-order valence-corrected chi connectivity index (χ3v) is 23.3. The molecule has 3 saturated heterocycles. The van der Waals surface area contributed by atoms with Gasteiger partial charge in [0.05, 0.1) is 66.6 Å².